The summed E-state index contributed by atoms with van der Waals surface area (Å²) in [5, 5.41) is 2.72. The smallest absolute Gasteiger partial charge is 0.306 e. The molecule has 1 aromatic rings. The van der Waals surface area contributed by atoms with Gasteiger partial charge in [0.2, 0.25) is 11.8 Å². The highest BCUT2D eigenvalue weighted by Gasteiger charge is 2.23. The summed E-state index contributed by atoms with van der Waals surface area (Å²) >= 11 is 0. The molecule has 8 nitrogen and oxygen atoms in total. The standard InChI is InChI=1S/C21H31N3O5/c22-18(21(27)24-12-6-7-13-24)15-28-16-19(25)23-11-5-4-10-20(26)29-14-17-8-2-1-3-9-17/h1-3,8-9,18H,4-7,10-16,22H2,(H,23,25)/t18-/m0/s1. The van der Waals surface area contributed by atoms with Crippen LogP contribution >= 0.6 is 0 Å². The molecule has 1 aromatic carbocycles. The average molecular weight is 405 g/mol. The van der Waals surface area contributed by atoms with Crippen LogP contribution in [0, 0.1) is 0 Å². The first kappa shape index (κ1) is 22.8. The van der Waals surface area contributed by atoms with E-state index in [1.807, 2.05) is 30.3 Å². The number of likely N-dealkylation sites (tertiary alicyclic amines) is 1. The summed E-state index contributed by atoms with van der Waals surface area (Å²) in [5.74, 6) is -0.639. The van der Waals surface area contributed by atoms with Crippen LogP contribution in [0.25, 0.3) is 0 Å². The summed E-state index contributed by atoms with van der Waals surface area (Å²) in [5.41, 5.74) is 6.77. The molecule has 0 aromatic heterocycles. The Labute approximate surface area is 171 Å². The van der Waals surface area contributed by atoms with Crippen molar-refractivity contribution in [3.05, 3.63) is 35.9 Å². The van der Waals surface area contributed by atoms with Crippen LogP contribution in [-0.4, -0.2) is 61.6 Å². The van der Waals surface area contributed by atoms with E-state index in [2.05, 4.69) is 5.32 Å². The van der Waals surface area contributed by atoms with Gasteiger partial charge in [0.25, 0.3) is 0 Å². The Morgan fingerprint density at radius 3 is 2.55 bits per heavy atom. The maximum Gasteiger partial charge on any atom is 0.306 e. The van der Waals surface area contributed by atoms with Gasteiger partial charge in [0.05, 0.1) is 6.61 Å². The molecule has 0 radical (unpaired) electrons. The lowest BCUT2D eigenvalue weighted by molar-refractivity contribution is -0.145. The predicted octanol–water partition coefficient (Wildman–Crippen LogP) is 0.983. The molecule has 1 saturated heterocycles. The van der Waals surface area contributed by atoms with Crippen molar-refractivity contribution in [3.8, 4) is 0 Å². The molecule has 3 N–H and O–H groups in total. The monoisotopic (exact) mass is 405 g/mol. The minimum atomic E-state index is -0.734. The Morgan fingerprint density at radius 2 is 1.83 bits per heavy atom. The zero-order valence-electron chi connectivity index (χ0n) is 16.8. The Kier molecular flexibility index (Phi) is 10.2. The number of carbonyl (C=O) groups is 3. The van der Waals surface area contributed by atoms with Crippen LogP contribution in [0.3, 0.4) is 0 Å². The number of esters is 1. The summed E-state index contributed by atoms with van der Waals surface area (Å²) in [6.45, 7) is 2.10. The number of hydrogen-bond acceptors (Lipinski definition) is 6. The van der Waals surface area contributed by atoms with E-state index in [9.17, 15) is 14.4 Å². The quantitative estimate of drug-likeness (QED) is 0.396. The third-order valence-electron chi connectivity index (χ3n) is 4.64. The second-order valence-corrected chi connectivity index (χ2v) is 7.11. The van der Waals surface area contributed by atoms with Gasteiger partial charge in [-0.3, -0.25) is 14.4 Å². The normalized spacial score (nSPS) is 14.4. The van der Waals surface area contributed by atoms with E-state index >= 15 is 0 Å². The fraction of sp³-hybridized carbons (Fsp3) is 0.571. The molecule has 0 saturated carbocycles. The van der Waals surface area contributed by atoms with Gasteiger partial charge in [-0.25, -0.2) is 0 Å². The maximum atomic E-state index is 12.0. The number of nitrogens with two attached hydrogens (primary N) is 1. The van der Waals surface area contributed by atoms with Gasteiger partial charge < -0.3 is 25.4 Å². The van der Waals surface area contributed by atoms with Gasteiger partial charge in [0.1, 0.15) is 19.3 Å². The summed E-state index contributed by atoms with van der Waals surface area (Å²) < 4.78 is 10.4. The van der Waals surface area contributed by atoms with Gasteiger partial charge in [-0.05, 0) is 31.2 Å². The molecule has 1 atom stereocenters. The minimum Gasteiger partial charge on any atom is -0.461 e. The highest BCUT2D eigenvalue weighted by atomic mass is 16.5. The second-order valence-electron chi connectivity index (χ2n) is 7.11. The Morgan fingerprint density at radius 1 is 1.10 bits per heavy atom. The SMILES string of the molecule is N[C@@H](COCC(=O)NCCCCC(=O)OCc1ccccc1)C(=O)N1CCCC1. The molecule has 29 heavy (non-hydrogen) atoms. The largest absolute Gasteiger partial charge is 0.461 e. The van der Waals surface area contributed by atoms with Crippen LogP contribution in [-0.2, 0) is 30.5 Å². The average Bonchev–Trinajstić information content (AvgIpc) is 3.27. The lowest BCUT2D eigenvalue weighted by atomic mass is 10.2. The third-order valence-corrected chi connectivity index (χ3v) is 4.64. The van der Waals surface area contributed by atoms with Crippen molar-refractivity contribution in [1.29, 1.82) is 0 Å². The van der Waals surface area contributed by atoms with Crippen molar-refractivity contribution in [2.24, 2.45) is 5.73 Å². The summed E-state index contributed by atoms with van der Waals surface area (Å²) in [6.07, 6.45) is 3.62. The molecule has 0 aliphatic carbocycles. The van der Waals surface area contributed by atoms with Crippen molar-refractivity contribution in [2.75, 3.05) is 32.8 Å². The molecule has 160 valence electrons. The number of unbranched alkanes of at least 4 members (excludes halogenated alkanes) is 1. The van der Waals surface area contributed by atoms with Crippen LogP contribution in [0.5, 0.6) is 0 Å². The fourth-order valence-electron chi connectivity index (χ4n) is 3.01. The maximum absolute atomic E-state index is 12.0. The Hall–Kier alpha value is -2.45. The number of nitrogens with zero attached hydrogens (tertiary/aromatic N) is 1. The van der Waals surface area contributed by atoms with Gasteiger partial charge in [0, 0.05) is 26.1 Å². The minimum absolute atomic E-state index is 0.0238. The van der Waals surface area contributed by atoms with E-state index in [0.717, 1.165) is 31.5 Å². The zero-order chi connectivity index (χ0) is 20.9. The molecule has 0 unspecified atom stereocenters. The number of benzene rings is 1. The summed E-state index contributed by atoms with van der Waals surface area (Å²) in [4.78, 5) is 37.2. The van der Waals surface area contributed by atoms with Gasteiger partial charge >= 0.3 is 5.97 Å². The lowest BCUT2D eigenvalue weighted by Crippen LogP contribution is -2.45. The van der Waals surface area contributed by atoms with Crippen LogP contribution in [0.15, 0.2) is 30.3 Å². The topological polar surface area (TPSA) is 111 Å². The molecule has 2 amide bonds. The van der Waals surface area contributed by atoms with Gasteiger partial charge in [-0.15, -0.1) is 0 Å². The van der Waals surface area contributed by atoms with Crippen molar-refractivity contribution in [1.82, 2.24) is 10.2 Å². The zero-order valence-corrected chi connectivity index (χ0v) is 16.8. The van der Waals surface area contributed by atoms with Crippen molar-refractivity contribution in [3.63, 3.8) is 0 Å². The molecule has 2 rings (SSSR count). The first-order valence-electron chi connectivity index (χ1n) is 10.1. The first-order chi connectivity index (χ1) is 14.1. The highest BCUT2D eigenvalue weighted by Crippen LogP contribution is 2.08. The number of nitrogens with one attached hydrogen (secondary N) is 1. The number of carbonyl (C=O) groups excluding carboxylic acids is 3. The molecular formula is C21H31N3O5. The number of ether oxygens (including phenoxy) is 2. The highest BCUT2D eigenvalue weighted by molar-refractivity contribution is 5.82. The molecule has 8 heteroatoms. The van der Waals surface area contributed by atoms with E-state index in [1.165, 1.54) is 0 Å². The number of rotatable bonds is 12. The Bertz CT molecular complexity index is 647. The van der Waals surface area contributed by atoms with Gasteiger partial charge in [-0.1, -0.05) is 30.3 Å². The van der Waals surface area contributed by atoms with Crippen LogP contribution < -0.4 is 11.1 Å². The van der Waals surface area contributed by atoms with Crippen molar-refractivity contribution < 1.29 is 23.9 Å². The molecule has 1 fully saturated rings. The fourth-order valence-corrected chi connectivity index (χ4v) is 3.01. The van der Waals surface area contributed by atoms with Crippen LogP contribution in [0.1, 0.15) is 37.7 Å². The van der Waals surface area contributed by atoms with E-state index in [1.54, 1.807) is 4.90 Å². The molecule has 0 bridgehead atoms. The van der Waals surface area contributed by atoms with Gasteiger partial charge in [0.15, 0.2) is 0 Å². The molecule has 1 aliphatic rings. The molecule has 1 heterocycles. The van der Waals surface area contributed by atoms with Crippen LogP contribution in [0.4, 0.5) is 0 Å². The third kappa shape index (κ3) is 9.06. The van der Waals surface area contributed by atoms with Crippen molar-refractivity contribution >= 4 is 17.8 Å². The van der Waals surface area contributed by atoms with E-state index < -0.39 is 6.04 Å². The lowest BCUT2D eigenvalue weighted by Gasteiger charge is -2.20. The van der Waals surface area contributed by atoms with Gasteiger partial charge in [-0.2, -0.15) is 0 Å². The molecular weight excluding hydrogens is 374 g/mol. The van der Waals surface area contributed by atoms with E-state index in [4.69, 9.17) is 15.2 Å². The predicted molar refractivity (Wildman–Crippen MR) is 108 cm³/mol. The van der Waals surface area contributed by atoms with E-state index in [0.29, 0.717) is 25.8 Å². The number of hydrogen-bond donors (Lipinski definition) is 2. The molecule has 1 aliphatic heterocycles. The van der Waals surface area contributed by atoms with Crippen LogP contribution in [0.2, 0.25) is 0 Å². The first-order valence-corrected chi connectivity index (χ1v) is 10.1. The summed E-state index contributed by atoms with van der Waals surface area (Å²) in [7, 11) is 0. The second kappa shape index (κ2) is 12.9. The van der Waals surface area contributed by atoms with E-state index in [-0.39, 0.29) is 37.6 Å². The van der Waals surface area contributed by atoms with Crippen molar-refractivity contribution in [2.45, 2.75) is 44.8 Å². The summed E-state index contributed by atoms with van der Waals surface area (Å²) in [6, 6.07) is 8.78. The Balaban J connectivity index is 1.45. The number of amides is 2. The molecule has 0 spiro atoms.